The molecule has 2 N–H and O–H groups in total. The predicted molar refractivity (Wildman–Crippen MR) is 97.8 cm³/mol. The van der Waals surface area contributed by atoms with Crippen molar-refractivity contribution in [1.82, 2.24) is 5.09 Å². The summed E-state index contributed by atoms with van der Waals surface area (Å²) < 4.78 is 24.1. The van der Waals surface area contributed by atoms with Crippen molar-refractivity contribution in [2.24, 2.45) is 5.92 Å². The van der Waals surface area contributed by atoms with E-state index in [0.29, 0.717) is 0 Å². The summed E-state index contributed by atoms with van der Waals surface area (Å²) in [6.45, 7) is 3.29. The highest BCUT2D eigenvalue weighted by molar-refractivity contribution is 7.52. The van der Waals surface area contributed by atoms with E-state index in [1.165, 1.54) is 24.3 Å². The fraction of sp³-hybridized carbons (Fsp3) is 0.235. The van der Waals surface area contributed by atoms with E-state index in [1.54, 1.807) is 44.2 Å². The van der Waals surface area contributed by atoms with Gasteiger partial charge < -0.3 is 14.2 Å². The third-order valence-electron chi connectivity index (χ3n) is 3.47. The highest BCUT2D eigenvalue weighted by Crippen LogP contribution is 2.46. The Morgan fingerprint density at radius 2 is 1.59 bits per heavy atom. The molecule has 27 heavy (non-hydrogen) atoms. The maximum atomic E-state index is 13.2. The molecule has 0 spiro atoms. The van der Waals surface area contributed by atoms with Crippen molar-refractivity contribution in [3.05, 3.63) is 64.7 Å². The molecule has 0 aliphatic heterocycles. The van der Waals surface area contributed by atoms with Crippen molar-refractivity contribution in [1.29, 1.82) is 0 Å². The van der Waals surface area contributed by atoms with Crippen molar-refractivity contribution < 1.29 is 28.4 Å². The molecule has 0 amide bonds. The number of carboxylic acids is 1. The van der Waals surface area contributed by atoms with Gasteiger partial charge in [-0.05, 0) is 30.2 Å². The quantitative estimate of drug-likeness (QED) is 0.373. The van der Waals surface area contributed by atoms with Crippen LogP contribution in [0.2, 0.25) is 0 Å². The summed E-state index contributed by atoms with van der Waals surface area (Å²) in [4.78, 5) is 21.6. The Balaban J connectivity index is 2.31. The maximum Gasteiger partial charge on any atom is 0.513 e. The third-order valence-corrected chi connectivity index (χ3v) is 4.97. The molecule has 0 saturated carbocycles. The minimum absolute atomic E-state index is 0.0280. The van der Waals surface area contributed by atoms with Crippen molar-refractivity contribution in [2.75, 3.05) is 0 Å². The molecule has 0 heterocycles. The van der Waals surface area contributed by atoms with Gasteiger partial charge in [-0.25, -0.2) is 4.57 Å². The third kappa shape index (κ3) is 5.80. The fourth-order valence-corrected chi connectivity index (χ4v) is 3.81. The van der Waals surface area contributed by atoms with Crippen LogP contribution in [0.25, 0.3) is 0 Å². The van der Waals surface area contributed by atoms with Crippen LogP contribution in [0.1, 0.15) is 13.8 Å². The van der Waals surface area contributed by atoms with Gasteiger partial charge in [0.15, 0.2) is 0 Å². The van der Waals surface area contributed by atoms with Crippen LogP contribution < -0.4 is 14.1 Å². The molecule has 0 aliphatic rings. The second kappa shape index (κ2) is 8.66. The van der Waals surface area contributed by atoms with Crippen molar-refractivity contribution in [3.63, 3.8) is 0 Å². The second-order valence-electron chi connectivity index (χ2n) is 5.93. The molecule has 0 aromatic heterocycles. The predicted octanol–water partition coefficient (Wildman–Crippen LogP) is 3.86. The Labute approximate surface area is 155 Å². The number of benzene rings is 2. The van der Waals surface area contributed by atoms with Gasteiger partial charge in [0.25, 0.3) is 5.69 Å². The number of nitrogens with zero attached hydrogens (tertiary/aromatic N) is 1. The lowest BCUT2D eigenvalue weighted by atomic mass is 10.1. The number of carboxylic acid groups (broad SMARTS) is 1. The highest BCUT2D eigenvalue weighted by Gasteiger charge is 2.36. The van der Waals surface area contributed by atoms with Crippen LogP contribution in [0.4, 0.5) is 5.69 Å². The van der Waals surface area contributed by atoms with E-state index in [4.69, 9.17) is 9.05 Å². The van der Waals surface area contributed by atoms with Crippen LogP contribution in [0.5, 0.6) is 11.5 Å². The summed E-state index contributed by atoms with van der Waals surface area (Å²) in [5.74, 6) is -1.38. The summed E-state index contributed by atoms with van der Waals surface area (Å²) in [6, 6.07) is 11.8. The highest BCUT2D eigenvalue weighted by atomic mass is 31.2. The minimum Gasteiger partial charge on any atom is -0.480 e. The number of nitrogens with one attached hydrogen (secondary N) is 1. The number of nitro benzene ring substituents is 1. The van der Waals surface area contributed by atoms with Gasteiger partial charge in [-0.1, -0.05) is 32.0 Å². The number of aliphatic carboxylic acids is 1. The molecule has 9 nitrogen and oxygen atoms in total. The summed E-state index contributed by atoms with van der Waals surface area (Å²) in [5.41, 5.74) is -0.167. The maximum absolute atomic E-state index is 13.2. The molecule has 2 atom stereocenters. The van der Waals surface area contributed by atoms with Gasteiger partial charge in [-0.3, -0.25) is 14.9 Å². The molecule has 0 radical (unpaired) electrons. The number of nitro groups is 1. The molecular weight excluding hydrogens is 375 g/mol. The Hall–Kier alpha value is -2.90. The lowest BCUT2D eigenvalue weighted by Gasteiger charge is -2.25. The van der Waals surface area contributed by atoms with Gasteiger partial charge in [-0.15, -0.1) is 0 Å². The van der Waals surface area contributed by atoms with E-state index in [0.717, 1.165) is 0 Å². The molecular formula is C17H19N2O7P. The van der Waals surface area contributed by atoms with E-state index in [2.05, 4.69) is 5.09 Å². The molecule has 144 valence electrons. The number of para-hydroxylation sites is 1. The van der Waals surface area contributed by atoms with Crippen molar-refractivity contribution in [2.45, 2.75) is 19.9 Å². The average Bonchev–Trinajstić information content (AvgIpc) is 2.60. The van der Waals surface area contributed by atoms with Crippen LogP contribution in [0.15, 0.2) is 54.6 Å². The largest absolute Gasteiger partial charge is 0.513 e. The summed E-state index contributed by atoms with van der Waals surface area (Å²) in [7, 11) is -4.17. The smallest absolute Gasteiger partial charge is 0.480 e. The van der Waals surface area contributed by atoms with E-state index < -0.39 is 30.6 Å². The number of non-ortho nitro benzene ring substituents is 1. The number of carbonyl (C=O) groups is 1. The zero-order valence-corrected chi connectivity index (χ0v) is 15.5. The first-order valence-corrected chi connectivity index (χ1v) is 9.54. The lowest BCUT2D eigenvalue weighted by Crippen LogP contribution is -2.40. The van der Waals surface area contributed by atoms with Crippen LogP contribution in [-0.2, 0) is 9.36 Å². The SMILES string of the molecule is CC(C)[C@H](NP(=O)(Oc1ccccc1)Oc1ccc([N+](=O)[O-])cc1)C(=O)O. The average molecular weight is 394 g/mol. The normalized spacial score (nSPS) is 14.2. The number of rotatable bonds is 9. The van der Waals surface area contributed by atoms with E-state index >= 15 is 0 Å². The van der Waals surface area contributed by atoms with Gasteiger partial charge in [-0.2, -0.15) is 5.09 Å². The second-order valence-corrected chi connectivity index (χ2v) is 7.55. The Kier molecular flexibility index (Phi) is 6.55. The van der Waals surface area contributed by atoms with Crippen molar-refractivity contribution in [3.8, 4) is 11.5 Å². The molecule has 2 aromatic carbocycles. The standard InChI is InChI=1S/C17H19N2O7P/c1-12(2)16(17(20)21)18-27(24,25-14-6-4-3-5-7-14)26-15-10-8-13(9-11-15)19(22)23/h3-12,16H,1-2H3,(H,18,24)(H,20,21)/t16-,27?/m0/s1. The monoisotopic (exact) mass is 394 g/mol. The number of hydrogen-bond acceptors (Lipinski definition) is 6. The first-order valence-electron chi connectivity index (χ1n) is 7.99. The summed E-state index contributed by atoms with van der Waals surface area (Å²) >= 11 is 0. The van der Waals surface area contributed by atoms with Gasteiger partial charge in [0.2, 0.25) is 0 Å². The fourth-order valence-electron chi connectivity index (χ4n) is 2.12. The number of hydrogen-bond donors (Lipinski definition) is 2. The van der Waals surface area contributed by atoms with Crippen LogP contribution in [0.3, 0.4) is 0 Å². The first kappa shape index (κ1) is 20.4. The minimum atomic E-state index is -4.17. The van der Waals surface area contributed by atoms with E-state index in [-0.39, 0.29) is 17.2 Å². The lowest BCUT2D eigenvalue weighted by molar-refractivity contribution is -0.384. The van der Waals surface area contributed by atoms with E-state index in [9.17, 15) is 24.6 Å². The summed E-state index contributed by atoms with van der Waals surface area (Å²) in [5, 5.41) is 22.6. The molecule has 2 aromatic rings. The van der Waals surface area contributed by atoms with E-state index in [1.807, 2.05) is 0 Å². The van der Waals surface area contributed by atoms with Crippen molar-refractivity contribution >= 4 is 19.4 Å². The zero-order chi connectivity index (χ0) is 20.0. The molecule has 0 aliphatic carbocycles. The molecule has 0 bridgehead atoms. The van der Waals surface area contributed by atoms with Crippen LogP contribution in [0, 0.1) is 16.0 Å². The Bertz CT molecular complexity index is 840. The van der Waals surface area contributed by atoms with Gasteiger partial charge in [0.05, 0.1) is 4.92 Å². The van der Waals surface area contributed by atoms with Crippen LogP contribution >= 0.6 is 7.75 Å². The molecule has 0 fully saturated rings. The Morgan fingerprint density at radius 3 is 2.04 bits per heavy atom. The van der Waals surface area contributed by atoms with Gasteiger partial charge in [0.1, 0.15) is 17.5 Å². The zero-order valence-electron chi connectivity index (χ0n) is 14.6. The van der Waals surface area contributed by atoms with Crippen LogP contribution in [-0.4, -0.2) is 22.0 Å². The van der Waals surface area contributed by atoms with Gasteiger partial charge >= 0.3 is 13.7 Å². The Morgan fingerprint density at radius 1 is 1.07 bits per heavy atom. The molecule has 2 rings (SSSR count). The molecule has 0 saturated heterocycles. The first-order chi connectivity index (χ1) is 12.7. The molecule has 10 heteroatoms. The topological polar surface area (TPSA) is 128 Å². The summed E-state index contributed by atoms with van der Waals surface area (Å²) in [6.07, 6.45) is 0. The molecule has 1 unspecified atom stereocenters. The van der Waals surface area contributed by atoms with Gasteiger partial charge in [0, 0.05) is 12.1 Å².